The van der Waals surface area contributed by atoms with Crippen molar-refractivity contribution in [1.29, 1.82) is 0 Å². The van der Waals surface area contributed by atoms with Gasteiger partial charge in [0, 0.05) is 0 Å². The zero-order chi connectivity index (χ0) is 36.0. The van der Waals surface area contributed by atoms with Gasteiger partial charge in [-0.3, -0.25) is 0 Å². The van der Waals surface area contributed by atoms with Crippen molar-refractivity contribution in [1.82, 2.24) is 0 Å². The number of rotatable bonds is 8. The first kappa shape index (κ1) is 36.5. The van der Waals surface area contributed by atoms with Gasteiger partial charge in [-0.1, -0.05) is 182 Å². The van der Waals surface area contributed by atoms with Gasteiger partial charge in [-0.15, -0.1) is 0 Å². The minimum absolute atomic E-state index is 0.446. The fourth-order valence-corrected chi connectivity index (χ4v) is 14.6. The van der Waals surface area contributed by atoms with E-state index >= 15 is 0 Å². The molecule has 1 aliphatic heterocycles. The third-order valence-corrected chi connectivity index (χ3v) is 17.9. The van der Waals surface area contributed by atoms with Crippen molar-refractivity contribution in [3.8, 4) is 0 Å². The minimum atomic E-state index is -0.705. The summed E-state index contributed by atoms with van der Waals surface area (Å²) >= 11 is -0.705. The molecule has 0 unspecified atom stereocenters. The molecule has 8 aromatic rings. The van der Waals surface area contributed by atoms with E-state index in [4.69, 9.17) is 0 Å². The second-order valence-electron chi connectivity index (χ2n) is 12.2. The Balaban J connectivity index is 0.000000124. The van der Waals surface area contributed by atoms with E-state index in [2.05, 4.69) is 243 Å². The maximum Gasteiger partial charge on any atom is -0.0134 e. The molecular weight excluding hydrogens is 721 g/mol. The fourth-order valence-electron chi connectivity index (χ4n) is 6.09. The molecule has 0 atom stereocenters. The Morgan fingerprint density at radius 3 is 0.566 bits per heavy atom. The van der Waals surface area contributed by atoms with Crippen LogP contribution in [-0.4, -0.2) is 0 Å². The Labute approximate surface area is 320 Å². The average molecular weight is 766 g/mol. The van der Waals surface area contributed by atoms with Crippen LogP contribution in [0.2, 0.25) is 10.8 Å². The first-order chi connectivity index (χ1) is 26.3. The summed E-state index contributed by atoms with van der Waals surface area (Å²) < 4.78 is 3.12. The van der Waals surface area contributed by atoms with Crippen LogP contribution in [0.25, 0.3) is 0 Å². The van der Waals surface area contributed by atoms with Crippen LogP contribution < -0.4 is 40.9 Å². The van der Waals surface area contributed by atoms with Crippen LogP contribution in [0.4, 0.5) is 0 Å². The molecular formula is C50H44NiP2. The molecule has 9 rings (SSSR count). The number of hydrogen-bond acceptors (Lipinski definition) is 0. The van der Waals surface area contributed by atoms with Gasteiger partial charge in [0.05, 0.1) is 0 Å². The van der Waals surface area contributed by atoms with Gasteiger partial charge in [0.1, 0.15) is 0 Å². The van der Waals surface area contributed by atoms with E-state index in [-0.39, 0.29) is 0 Å². The maximum atomic E-state index is 2.29. The second kappa shape index (κ2) is 18.7. The van der Waals surface area contributed by atoms with E-state index in [1.165, 1.54) is 42.6 Å². The van der Waals surface area contributed by atoms with Crippen molar-refractivity contribution in [2.45, 2.75) is 10.8 Å². The molecule has 0 radical (unpaired) electrons. The standard InChI is InChI=1S/2C18H15P.2C6H5.C2H4.Ni/c2*1-4-10-16(11-5-1)19(17-12-6-2-7-13-17)18-14-8-3-9-15-18;2*1-2-4-6-5-3-1;1-2;/h2*1-15H;2*1-5H;1-2H2;. The maximum absolute atomic E-state index is 2.29. The molecule has 0 nitrogen and oxygen atoms in total. The zero-order valence-corrected chi connectivity index (χ0v) is 32.5. The summed E-state index contributed by atoms with van der Waals surface area (Å²) in [6, 6.07) is 86.7. The van der Waals surface area contributed by atoms with Gasteiger partial charge in [0.25, 0.3) is 0 Å². The Kier molecular flexibility index (Phi) is 12.9. The van der Waals surface area contributed by atoms with Crippen LogP contribution in [0.5, 0.6) is 0 Å². The summed E-state index contributed by atoms with van der Waals surface area (Å²) in [7, 11) is -0.892. The van der Waals surface area contributed by atoms with Gasteiger partial charge >= 0.3 is 92.9 Å². The smallest absolute Gasteiger partial charge is 0.0134 e. The first-order valence-corrected chi connectivity index (χ1v) is 23.0. The van der Waals surface area contributed by atoms with E-state index in [0.717, 1.165) is 0 Å². The summed E-state index contributed by atoms with van der Waals surface area (Å²) in [4.78, 5) is 0. The van der Waals surface area contributed by atoms with Gasteiger partial charge in [0.2, 0.25) is 0 Å². The molecule has 0 amide bonds. The molecule has 1 aliphatic rings. The Morgan fingerprint density at radius 1 is 0.226 bits per heavy atom. The molecule has 264 valence electrons. The third kappa shape index (κ3) is 9.57. The summed E-state index contributed by atoms with van der Waals surface area (Å²) in [6.07, 6.45) is 0. The summed E-state index contributed by atoms with van der Waals surface area (Å²) in [5, 5.41) is 11.2. The predicted octanol–water partition coefficient (Wildman–Crippen LogP) is 9.53. The molecule has 0 spiro atoms. The number of benzene rings is 8. The molecule has 8 aromatic carbocycles. The molecule has 1 heterocycles. The van der Waals surface area contributed by atoms with E-state index in [1.807, 2.05) is 0 Å². The summed E-state index contributed by atoms with van der Waals surface area (Å²) in [6.45, 7) is 0. The predicted molar refractivity (Wildman–Crippen MR) is 232 cm³/mol. The van der Waals surface area contributed by atoms with E-state index in [9.17, 15) is 0 Å². The Hall–Kier alpha value is -4.89. The van der Waals surface area contributed by atoms with Crippen LogP contribution in [-0.2, 0) is 12.4 Å². The monoisotopic (exact) mass is 764 g/mol. The summed E-state index contributed by atoms with van der Waals surface area (Å²) in [5.74, 6) is 0. The van der Waals surface area contributed by atoms with Crippen LogP contribution >= 0.6 is 15.8 Å². The molecule has 1 saturated heterocycles. The first-order valence-electron chi connectivity index (χ1n) is 17.9. The molecule has 1 fully saturated rings. The van der Waals surface area contributed by atoms with Crippen LogP contribution in [0.1, 0.15) is 0 Å². The van der Waals surface area contributed by atoms with Gasteiger partial charge < -0.3 is 0 Å². The van der Waals surface area contributed by atoms with Gasteiger partial charge in [-0.05, 0) is 47.7 Å². The zero-order valence-electron chi connectivity index (χ0n) is 29.7. The van der Waals surface area contributed by atoms with E-state index < -0.39 is 28.2 Å². The molecule has 53 heavy (non-hydrogen) atoms. The van der Waals surface area contributed by atoms with Crippen molar-refractivity contribution in [3.63, 3.8) is 0 Å². The molecule has 0 aliphatic carbocycles. The minimum Gasteiger partial charge on any atom is -0.0622 e. The topological polar surface area (TPSA) is 0 Å². The van der Waals surface area contributed by atoms with Crippen molar-refractivity contribution in [3.05, 3.63) is 243 Å². The SMILES string of the molecule is c1cc[c]([Ni]2([c]3ccccc3)[CH2][CH2]2)cc1.c1ccc(P(c2ccccc2)c2ccccc2)cc1.c1ccc(P(c2ccccc2)c2ccccc2)cc1. The molecule has 0 aromatic heterocycles. The molecule has 3 heteroatoms. The third-order valence-electron chi connectivity index (χ3n) is 8.68. The van der Waals surface area contributed by atoms with Crippen molar-refractivity contribution >= 4 is 56.7 Å². The number of hydrogen-bond donors (Lipinski definition) is 0. The Bertz CT molecular complexity index is 1850. The van der Waals surface area contributed by atoms with Crippen molar-refractivity contribution < 1.29 is 12.4 Å². The largest absolute Gasteiger partial charge is 0.0622 e. The molecule has 0 saturated carbocycles. The van der Waals surface area contributed by atoms with Crippen LogP contribution in [0.15, 0.2) is 243 Å². The molecule has 0 bridgehead atoms. The van der Waals surface area contributed by atoms with Crippen LogP contribution in [0.3, 0.4) is 0 Å². The van der Waals surface area contributed by atoms with E-state index in [0.29, 0.717) is 0 Å². The van der Waals surface area contributed by atoms with Crippen molar-refractivity contribution in [2.24, 2.45) is 0 Å². The average Bonchev–Trinajstić information content (AvgIpc) is 4.07. The molecule has 0 N–H and O–H groups in total. The second-order valence-corrected chi connectivity index (χ2v) is 20.9. The summed E-state index contributed by atoms with van der Waals surface area (Å²) in [5.41, 5.74) is 0. The van der Waals surface area contributed by atoms with Gasteiger partial charge in [-0.25, -0.2) is 0 Å². The van der Waals surface area contributed by atoms with Gasteiger partial charge in [-0.2, -0.15) is 0 Å². The Morgan fingerprint density at radius 2 is 0.396 bits per heavy atom. The van der Waals surface area contributed by atoms with Crippen LogP contribution in [0, 0.1) is 0 Å². The fraction of sp³-hybridized carbons (Fsp3) is 0.0400. The van der Waals surface area contributed by atoms with E-state index in [1.54, 1.807) is 9.07 Å². The quantitative estimate of drug-likeness (QED) is 0.107. The van der Waals surface area contributed by atoms with Crippen molar-refractivity contribution in [2.75, 3.05) is 0 Å². The van der Waals surface area contributed by atoms with Gasteiger partial charge in [0.15, 0.2) is 0 Å². The normalized spacial score (nSPS) is 13.1.